The van der Waals surface area contributed by atoms with Crippen molar-refractivity contribution in [3.63, 3.8) is 0 Å². The van der Waals surface area contributed by atoms with Crippen molar-refractivity contribution >= 4 is 5.57 Å². The van der Waals surface area contributed by atoms with E-state index in [0.29, 0.717) is 0 Å². The molecule has 23 heavy (non-hydrogen) atoms. The number of rotatable bonds is 6. The van der Waals surface area contributed by atoms with Crippen LogP contribution >= 0.6 is 0 Å². The number of ether oxygens (including phenoxy) is 1. The van der Waals surface area contributed by atoms with Crippen LogP contribution in [0.3, 0.4) is 0 Å². The molecule has 0 aliphatic carbocycles. The third-order valence-corrected chi connectivity index (χ3v) is 4.24. The summed E-state index contributed by atoms with van der Waals surface area (Å²) in [7, 11) is 0. The van der Waals surface area contributed by atoms with Gasteiger partial charge in [0.25, 0.3) is 0 Å². The molecular weight excluding hydrogens is 282 g/mol. The summed E-state index contributed by atoms with van der Waals surface area (Å²) in [5.74, 6) is 0.970. The Balaban J connectivity index is 1.58. The van der Waals surface area contributed by atoms with Crippen molar-refractivity contribution in [3.05, 3.63) is 71.8 Å². The van der Waals surface area contributed by atoms with Gasteiger partial charge in [-0.15, -0.1) is 0 Å². The molecule has 0 N–H and O–H groups in total. The number of nitrogens with zero attached hydrogens (tertiary/aromatic N) is 1. The van der Waals surface area contributed by atoms with Crippen molar-refractivity contribution in [3.8, 4) is 5.75 Å². The SMILES string of the molecule is CCCOc1ccc(C2=CCN(Cc3ccccc3)CC2)cc1. The Labute approximate surface area is 139 Å². The lowest BCUT2D eigenvalue weighted by Crippen LogP contribution is -2.27. The molecule has 3 rings (SSSR count). The van der Waals surface area contributed by atoms with E-state index in [0.717, 1.165) is 44.8 Å². The quantitative estimate of drug-likeness (QED) is 0.762. The highest BCUT2D eigenvalue weighted by Gasteiger charge is 2.13. The second-order valence-corrected chi connectivity index (χ2v) is 6.07. The summed E-state index contributed by atoms with van der Waals surface area (Å²) in [4.78, 5) is 2.50. The van der Waals surface area contributed by atoms with Crippen LogP contribution in [-0.2, 0) is 6.54 Å². The number of hydrogen-bond acceptors (Lipinski definition) is 2. The minimum absolute atomic E-state index is 0.788. The number of hydrogen-bond donors (Lipinski definition) is 0. The normalized spacial score (nSPS) is 15.3. The van der Waals surface area contributed by atoms with Crippen LogP contribution in [0.2, 0.25) is 0 Å². The van der Waals surface area contributed by atoms with Crippen LogP contribution in [0.5, 0.6) is 5.75 Å². The maximum absolute atomic E-state index is 5.65. The van der Waals surface area contributed by atoms with E-state index in [9.17, 15) is 0 Å². The van der Waals surface area contributed by atoms with Gasteiger partial charge in [0.05, 0.1) is 6.61 Å². The van der Waals surface area contributed by atoms with Crippen molar-refractivity contribution in [2.24, 2.45) is 0 Å². The van der Waals surface area contributed by atoms with Crippen LogP contribution in [0.15, 0.2) is 60.7 Å². The molecule has 120 valence electrons. The minimum Gasteiger partial charge on any atom is -0.494 e. The van der Waals surface area contributed by atoms with Crippen molar-refractivity contribution in [1.82, 2.24) is 4.90 Å². The third-order valence-electron chi connectivity index (χ3n) is 4.24. The lowest BCUT2D eigenvalue weighted by Gasteiger charge is -2.26. The first-order valence-corrected chi connectivity index (χ1v) is 8.53. The van der Waals surface area contributed by atoms with Gasteiger partial charge in [-0.1, -0.05) is 55.5 Å². The van der Waals surface area contributed by atoms with E-state index in [1.54, 1.807) is 0 Å². The van der Waals surface area contributed by atoms with E-state index < -0.39 is 0 Å². The van der Waals surface area contributed by atoms with Gasteiger partial charge in [0.2, 0.25) is 0 Å². The Kier molecular flexibility index (Phi) is 5.49. The molecule has 0 bridgehead atoms. The van der Waals surface area contributed by atoms with E-state index in [1.165, 1.54) is 16.7 Å². The van der Waals surface area contributed by atoms with Gasteiger partial charge in [0.1, 0.15) is 5.75 Å². The van der Waals surface area contributed by atoms with Crippen molar-refractivity contribution in [1.29, 1.82) is 0 Å². The highest BCUT2D eigenvalue weighted by Crippen LogP contribution is 2.25. The van der Waals surface area contributed by atoms with Crippen LogP contribution in [-0.4, -0.2) is 24.6 Å². The summed E-state index contributed by atoms with van der Waals surface area (Å²) >= 11 is 0. The smallest absolute Gasteiger partial charge is 0.119 e. The fourth-order valence-electron chi connectivity index (χ4n) is 2.94. The van der Waals surface area contributed by atoms with E-state index in [1.807, 2.05) is 0 Å². The van der Waals surface area contributed by atoms with Gasteiger partial charge in [-0.2, -0.15) is 0 Å². The lowest BCUT2D eigenvalue weighted by molar-refractivity contribution is 0.294. The fraction of sp³-hybridized carbons (Fsp3) is 0.333. The van der Waals surface area contributed by atoms with E-state index in [4.69, 9.17) is 4.74 Å². The highest BCUT2D eigenvalue weighted by atomic mass is 16.5. The average molecular weight is 307 g/mol. The predicted octanol–water partition coefficient (Wildman–Crippen LogP) is 4.76. The maximum atomic E-state index is 5.65. The minimum atomic E-state index is 0.788. The van der Waals surface area contributed by atoms with Gasteiger partial charge >= 0.3 is 0 Å². The number of benzene rings is 2. The molecule has 2 aromatic carbocycles. The van der Waals surface area contributed by atoms with Gasteiger partial charge in [-0.25, -0.2) is 0 Å². The monoisotopic (exact) mass is 307 g/mol. The second-order valence-electron chi connectivity index (χ2n) is 6.07. The molecule has 0 fully saturated rings. The van der Waals surface area contributed by atoms with Crippen LogP contribution in [0, 0.1) is 0 Å². The molecule has 2 aromatic rings. The molecule has 1 aliphatic rings. The molecule has 0 atom stereocenters. The largest absolute Gasteiger partial charge is 0.494 e. The zero-order valence-electron chi connectivity index (χ0n) is 13.9. The molecule has 0 radical (unpaired) electrons. The standard InChI is InChI=1S/C21H25NO/c1-2-16-23-21-10-8-19(9-11-21)20-12-14-22(15-13-20)17-18-6-4-3-5-7-18/h3-12H,2,13-17H2,1H3. The van der Waals surface area contributed by atoms with Crippen molar-refractivity contribution in [2.45, 2.75) is 26.3 Å². The first-order chi connectivity index (χ1) is 11.3. The molecule has 0 unspecified atom stereocenters. The van der Waals surface area contributed by atoms with Crippen LogP contribution < -0.4 is 4.74 Å². The lowest BCUT2D eigenvalue weighted by atomic mass is 9.99. The molecule has 0 spiro atoms. The molecule has 1 heterocycles. The second kappa shape index (κ2) is 7.98. The van der Waals surface area contributed by atoms with E-state index >= 15 is 0 Å². The Morgan fingerprint density at radius 1 is 1.00 bits per heavy atom. The average Bonchev–Trinajstić information content (AvgIpc) is 2.62. The highest BCUT2D eigenvalue weighted by molar-refractivity contribution is 5.67. The van der Waals surface area contributed by atoms with Gasteiger partial charge in [0.15, 0.2) is 0 Å². The maximum Gasteiger partial charge on any atom is 0.119 e. The zero-order chi connectivity index (χ0) is 15.9. The predicted molar refractivity (Wildman–Crippen MR) is 96.5 cm³/mol. The summed E-state index contributed by atoms with van der Waals surface area (Å²) in [5, 5.41) is 0. The summed E-state index contributed by atoms with van der Waals surface area (Å²) < 4.78 is 5.65. The molecule has 2 nitrogen and oxygen atoms in total. The third kappa shape index (κ3) is 4.46. The van der Waals surface area contributed by atoms with Gasteiger partial charge in [-0.05, 0) is 41.7 Å². The van der Waals surface area contributed by atoms with Gasteiger partial charge in [-0.3, -0.25) is 4.90 Å². The van der Waals surface area contributed by atoms with E-state index in [-0.39, 0.29) is 0 Å². The molecule has 0 amide bonds. The molecule has 2 heteroatoms. The Bertz CT molecular complexity index is 631. The van der Waals surface area contributed by atoms with Crippen molar-refractivity contribution < 1.29 is 4.74 Å². The van der Waals surface area contributed by atoms with Crippen LogP contribution in [0.4, 0.5) is 0 Å². The fourth-order valence-corrected chi connectivity index (χ4v) is 2.94. The summed E-state index contributed by atoms with van der Waals surface area (Å²) in [6.45, 7) is 6.10. The van der Waals surface area contributed by atoms with Gasteiger partial charge in [0, 0.05) is 19.6 Å². The zero-order valence-corrected chi connectivity index (χ0v) is 13.9. The molecular formula is C21H25NO. The Morgan fingerprint density at radius 3 is 2.43 bits per heavy atom. The molecule has 0 saturated heterocycles. The summed E-state index contributed by atoms with van der Waals surface area (Å²) in [6.07, 6.45) is 4.53. The first-order valence-electron chi connectivity index (χ1n) is 8.53. The molecule has 0 aromatic heterocycles. The molecule has 1 aliphatic heterocycles. The molecule has 0 saturated carbocycles. The Hall–Kier alpha value is -2.06. The Morgan fingerprint density at radius 2 is 1.78 bits per heavy atom. The van der Waals surface area contributed by atoms with Crippen molar-refractivity contribution in [2.75, 3.05) is 19.7 Å². The van der Waals surface area contributed by atoms with E-state index in [2.05, 4.69) is 72.5 Å². The van der Waals surface area contributed by atoms with Crippen LogP contribution in [0.25, 0.3) is 5.57 Å². The summed E-state index contributed by atoms with van der Waals surface area (Å²) in [5.41, 5.74) is 4.17. The summed E-state index contributed by atoms with van der Waals surface area (Å²) in [6, 6.07) is 19.2. The van der Waals surface area contributed by atoms with Crippen LogP contribution in [0.1, 0.15) is 30.9 Å². The first kappa shape index (κ1) is 15.8. The topological polar surface area (TPSA) is 12.5 Å². The van der Waals surface area contributed by atoms with Gasteiger partial charge < -0.3 is 4.74 Å².